The van der Waals surface area contributed by atoms with Crippen molar-refractivity contribution >= 4 is 52.2 Å². The number of carbonyl (C=O) groups excluding carboxylic acids is 3. The highest BCUT2D eigenvalue weighted by molar-refractivity contribution is 8.18. The monoisotopic (exact) mass is 416 g/mol. The third kappa shape index (κ3) is 4.88. The van der Waals surface area contributed by atoms with Crippen molar-refractivity contribution in [1.29, 1.82) is 0 Å². The number of rotatable bonds is 5. The summed E-state index contributed by atoms with van der Waals surface area (Å²) in [6.45, 7) is -0.445. The Kier molecular flexibility index (Phi) is 6.28. The standard InChI is InChI=1S/C20H14ClFN2O3S/c21-15-11-14(9-10-16(15)22)23-18(25)12-24-19(26)17(28-20(24)27)8-4-7-13-5-2-1-3-6-13/h1-11H,12H2,(H,23,25)/b7-4-,17-8+. The van der Waals surface area contributed by atoms with Crippen molar-refractivity contribution in [2.24, 2.45) is 0 Å². The van der Waals surface area contributed by atoms with Gasteiger partial charge in [0, 0.05) is 5.69 Å². The van der Waals surface area contributed by atoms with Gasteiger partial charge in [-0.1, -0.05) is 54.1 Å². The molecule has 28 heavy (non-hydrogen) atoms. The third-order valence-corrected chi connectivity index (χ3v) is 4.93. The number of nitrogens with one attached hydrogen (secondary N) is 1. The lowest BCUT2D eigenvalue weighted by Gasteiger charge is -2.12. The molecule has 1 N–H and O–H groups in total. The molecule has 0 saturated carbocycles. The predicted octanol–water partition coefficient (Wildman–Crippen LogP) is 4.71. The second-order valence-corrected chi connectivity index (χ2v) is 7.14. The van der Waals surface area contributed by atoms with E-state index in [4.69, 9.17) is 11.6 Å². The van der Waals surface area contributed by atoms with Gasteiger partial charge in [-0.05, 0) is 41.6 Å². The third-order valence-electron chi connectivity index (χ3n) is 3.71. The van der Waals surface area contributed by atoms with Crippen LogP contribution in [0.15, 0.2) is 65.6 Å². The average Bonchev–Trinajstić information content (AvgIpc) is 2.93. The minimum Gasteiger partial charge on any atom is -0.324 e. The Morgan fingerprint density at radius 3 is 2.64 bits per heavy atom. The molecule has 2 aromatic rings. The van der Waals surface area contributed by atoms with Gasteiger partial charge >= 0.3 is 0 Å². The van der Waals surface area contributed by atoms with Crippen LogP contribution in [0.3, 0.4) is 0 Å². The lowest BCUT2D eigenvalue weighted by molar-refractivity contribution is -0.127. The molecule has 1 heterocycles. The minimum absolute atomic E-state index is 0.142. The van der Waals surface area contributed by atoms with Crippen LogP contribution in [0.5, 0.6) is 0 Å². The van der Waals surface area contributed by atoms with Crippen LogP contribution in [-0.4, -0.2) is 28.5 Å². The summed E-state index contributed by atoms with van der Waals surface area (Å²) < 4.78 is 13.2. The fraction of sp³-hybridized carbons (Fsp3) is 0.0500. The second-order valence-electron chi connectivity index (χ2n) is 5.74. The first-order valence-electron chi connectivity index (χ1n) is 8.16. The lowest BCUT2D eigenvalue weighted by Crippen LogP contribution is -2.36. The maximum absolute atomic E-state index is 13.2. The van der Waals surface area contributed by atoms with Crippen molar-refractivity contribution < 1.29 is 18.8 Å². The van der Waals surface area contributed by atoms with Crippen LogP contribution in [-0.2, 0) is 9.59 Å². The molecule has 0 aromatic heterocycles. The summed E-state index contributed by atoms with van der Waals surface area (Å²) in [6, 6.07) is 13.2. The second kappa shape index (κ2) is 8.86. The first kappa shape index (κ1) is 19.9. The topological polar surface area (TPSA) is 66.5 Å². The summed E-state index contributed by atoms with van der Waals surface area (Å²) in [6.07, 6.45) is 5.02. The van der Waals surface area contributed by atoms with Crippen LogP contribution in [0.25, 0.3) is 6.08 Å². The van der Waals surface area contributed by atoms with Gasteiger partial charge in [-0.3, -0.25) is 19.3 Å². The van der Waals surface area contributed by atoms with E-state index in [9.17, 15) is 18.8 Å². The fourth-order valence-corrected chi connectivity index (χ4v) is 3.35. The van der Waals surface area contributed by atoms with Gasteiger partial charge in [0.25, 0.3) is 11.1 Å². The van der Waals surface area contributed by atoms with E-state index in [1.165, 1.54) is 18.2 Å². The number of imide groups is 1. The molecule has 0 atom stereocenters. The number of carbonyl (C=O) groups is 3. The van der Waals surface area contributed by atoms with Crippen molar-refractivity contribution in [3.8, 4) is 0 Å². The molecule has 1 saturated heterocycles. The van der Waals surface area contributed by atoms with Crippen LogP contribution in [0.4, 0.5) is 14.9 Å². The van der Waals surface area contributed by atoms with Crippen LogP contribution in [0, 0.1) is 5.82 Å². The van der Waals surface area contributed by atoms with Gasteiger partial charge in [-0.25, -0.2) is 4.39 Å². The van der Waals surface area contributed by atoms with E-state index in [0.717, 1.165) is 28.3 Å². The van der Waals surface area contributed by atoms with Crippen molar-refractivity contribution in [2.45, 2.75) is 0 Å². The largest absolute Gasteiger partial charge is 0.324 e. The van der Waals surface area contributed by atoms with E-state index >= 15 is 0 Å². The molecule has 0 radical (unpaired) electrons. The summed E-state index contributed by atoms with van der Waals surface area (Å²) in [5, 5.41) is 1.81. The Balaban J connectivity index is 1.63. The first-order chi connectivity index (χ1) is 13.4. The SMILES string of the molecule is O=C(CN1C(=O)S/C(=C/C=C\c2ccccc2)C1=O)Nc1ccc(F)c(Cl)c1. The fourth-order valence-electron chi connectivity index (χ4n) is 2.38. The summed E-state index contributed by atoms with van der Waals surface area (Å²) in [5.74, 6) is -1.75. The zero-order valence-corrected chi connectivity index (χ0v) is 16.0. The number of amides is 3. The molecular formula is C20H14ClFN2O3S. The van der Waals surface area contributed by atoms with Gasteiger partial charge in [-0.2, -0.15) is 0 Å². The molecule has 0 spiro atoms. The quantitative estimate of drug-likeness (QED) is 0.717. The molecule has 1 aliphatic heterocycles. The number of benzene rings is 2. The van der Waals surface area contributed by atoms with Crippen LogP contribution in [0.1, 0.15) is 5.56 Å². The van der Waals surface area contributed by atoms with Crippen molar-refractivity contribution in [3.05, 3.63) is 82.0 Å². The van der Waals surface area contributed by atoms with Gasteiger partial charge in [0.2, 0.25) is 5.91 Å². The molecular weight excluding hydrogens is 403 g/mol. The van der Waals surface area contributed by atoms with E-state index in [1.54, 1.807) is 12.2 Å². The molecule has 3 rings (SSSR count). The van der Waals surface area contributed by atoms with Crippen molar-refractivity contribution in [2.75, 3.05) is 11.9 Å². The highest BCUT2D eigenvalue weighted by Gasteiger charge is 2.35. The minimum atomic E-state index is -0.612. The van der Waals surface area contributed by atoms with Crippen molar-refractivity contribution in [3.63, 3.8) is 0 Å². The predicted molar refractivity (Wildman–Crippen MR) is 108 cm³/mol. The molecule has 0 unspecified atom stereocenters. The summed E-state index contributed by atoms with van der Waals surface area (Å²) in [4.78, 5) is 37.7. The Labute approximate surface area is 169 Å². The molecule has 0 aliphatic carbocycles. The Morgan fingerprint density at radius 1 is 1.18 bits per heavy atom. The zero-order chi connectivity index (χ0) is 20.1. The number of hydrogen-bond acceptors (Lipinski definition) is 4. The number of allylic oxidation sites excluding steroid dienone is 2. The summed E-state index contributed by atoms with van der Waals surface area (Å²) in [7, 11) is 0. The van der Waals surface area contributed by atoms with E-state index in [-0.39, 0.29) is 15.6 Å². The smallest absolute Gasteiger partial charge is 0.294 e. The molecule has 8 heteroatoms. The van der Waals surface area contributed by atoms with Gasteiger partial charge in [0.1, 0.15) is 12.4 Å². The van der Waals surface area contributed by atoms with Crippen LogP contribution >= 0.6 is 23.4 Å². The average molecular weight is 417 g/mol. The van der Waals surface area contributed by atoms with Gasteiger partial charge in [0.15, 0.2) is 0 Å². The maximum Gasteiger partial charge on any atom is 0.294 e. The van der Waals surface area contributed by atoms with Crippen molar-refractivity contribution in [1.82, 2.24) is 4.90 Å². The van der Waals surface area contributed by atoms with Crippen LogP contribution < -0.4 is 5.32 Å². The van der Waals surface area contributed by atoms with Crippen LogP contribution in [0.2, 0.25) is 5.02 Å². The normalized spacial score (nSPS) is 15.6. The molecule has 1 fully saturated rings. The van der Waals surface area contributed by atoms with Gasteiger partial charge < -0.3 is 5.32 Å². The van der Waals surface area contributed by atoms with E-state index in [2.05, 4.69) is 5.32 Å². The highest BCUT2D eigenvalue weighted by atomic mass is 35.5. The molecule has 5 nitrogen and oxygen atoms in total. The Bertz CT molecular complexity index is 992. The van der Waals surface area contributed by atoms with E-state index in [1.807, 2.05) is 30.3 Å². The Morgan fingerprint density at radius 2 is 1.93 bits per heavy atom. The molecule has 2 aromatic carbocycles. The number of thioether (sulfide) groups is 1. The van der Waals surface area contributed by atoms with E-state index in [0.29, 0.717) is 0 Å². The maximum atomic E-state index is 13.2. The van der Waals surface area contributed by atoms with E-state index < -0.39 is 29.4 Å². The molecule has 1 aliphatic rings. The molecule has 0 bridgehead atoms. The summed E-state index contributed by atoms with van der Waals surface area (Å²) >= 11 is 6.43. The van der Waals surface area contributed by atoms with Gasteiger partial charge in [-0.15, -0.1) is 0 Å². The number of anilines is 1. The lowest BCUT2D eigenvalue weighted by atomic mass is 10.2. The Hall–Kier alpha value is -2.90. The van der Waals surface area contributed by atoms with Gasteiger partial charge in [0.05, 0.1) is 9.93 Å². The first-order valence-corrected chi connectivity index (χ1v) is 9.35. The molecule has 142 valence electrons. The molecule has 3 amide bonds. The number of nitrogens with zero attached hydrogens (tertiary/aromatic N) is 1. The zero-order valence-electron chi connectivity index (χ0n) is 14.4. The highest BCUT2D eigenvalue weighted by Crippen LogP contribution is 2.30. The summed E-state index contributed by atoms with van der Waals surface area (Å²) in [5.41, 5.74) is 1.22. The number of hydrogen-bond donors (Lipinski definition) is 1. The number of halogens is 2.